The zero-order valence-electron chi connectivity index (χ0n) is 19.3. The van der Waals surface area contributed by atoms with Crippen LogP contribution in [0.25, 0.3) is 0 Å². The molecule has 1 aliphatic rings. The lowest BCUT2D eigenvalue weighted by molar-refractivity contribution is 0.0950. The number of hydrogen-bond acceptors (Lipinski definition) is 6. The second-order valence-electron chi connectivity index (χ2n) is 8.60. The SMILES string of the molecule is C=C1CCN(c2cc(C(=O)NCc3c(C)cc(C)[nH]c3=O)c(C=N)c(NC(C)C)n2)CC1. The first-order valence-corrected chi connectivity index (χ1v) is 10.9. The molecule has 3 rings (SSSR count). The van der Waals surface area contributed by atoms with Gasteiger partial charge in [0.2, 0.25) is 0 Å². The summed E-state index contributed by atoms with van der Waals surface area (Å²) in [7, 11) is 0. The smallest absolute Gasteiger partial charge is 0.253 e. The predicted molar refractivity (Wildman–Crippen MR) is 129 cm³/mol. The number of carbonyl (C=O) groups excluding carboxylic acids is 1. The molecule has 0 spiro atoms. The first-order valence-electron chi connectivity index (χ1n) is 10.9. The largest absolute Gasteiger partial charge is 0.367 e. The first-order chi connectivity index (χ1) is 15.2. The van der Waals surface area contributed by atoms with Crippen LogP contribution in [0.4, 0.5) is 11.6 Å². The molecule has 8 nitrogen and oxygen atoms in total. The lowest BCUT2D eigenvalue weighted by Crippen LogP contribution is -2.33. The summed E-state index contributed by atoms with van der Waals surface area (Å²) in [5.41, 5.74) is 3.92. The molecule has 0 saturated carbocycles. The Labute approximate surface area is 188 Å². The molecule has 0 atom stereocenters. The molecule has 1 saturated heterocycles. The number of hydrogen-bond donors (Lipinski definition) is 4. The number of pyridine rings is 2. The summed E-state index contributed by atoms with van der Waals surface area (Å²) in [6.45, 7) is 13.4. The Morgan fingerprint density at radius 1 is 1.31 bits per heavy atom. The summed E-state index contributed by atoms with van der Waals surface area (Å²) >= 11 is 0. The first kappa shape index (κ1) is 23.2. The van der Waals surface area contributed by atoms with E-state index >= 15 is 0 Å². The molecule has 3 heterocycles. The van der Waals surface area contributed by atoms with E-state index in [2.05, 4.69) is 27.1 Å². The molecule has 0 bridgehead atoms. The van der Waals surface area contributed by atoms with Gasteiger partial charge in [0.15, 0.2) is 0 Å². The minimum atomic E-state index is -0.347. The van der Waals surface area contributed by atoms with Crippen LogP contribution in [-0.4, -0.2) is 41.2 Å². The Morgan fingerprint density at radius 3 is 2.59 bits per heavy atom. The van der Waals surface area contributed by atoms with Crippen molar-refractivity contribution < 1.29 is 4.79 Å². The van der Waals surface area contributed by atoms with Gasteiger partial charge >= 0.3 is 0 Å². The Kier molecular flexibility index (Phi) is 7.12. The minimum Gasteiger partial charge on any atom is -0.367 e. The van der Waals surface area contributed by atoms with Crippen LogP contribution in [-0.2, 0) is 6.54 Å². The van der Waals surface area contributed by atoms with Crippen molar-refractivity contribution in [2.75, 3.05) is 23.3 Å². The van der Waals surface area contributed by atoms with Gasteiger partial charge in [0.05, 0.1) is 5.56 Å². The number of nitrogens with zero attached hydrogens (tertiary/aromatic N) is 2. The maximum absolute atomic E-state index is 13.2. The van der Waals surface area contributed by atoms with E-state index in [9.17, 15) is 9.59 Å². The van der Waals surface area contributed by atoms with Crippen LogP contribution >= 0.6 is 0 Å². The van der Waals surface area contributed by atoms with E-state index in [1.165, 1.54) is 5.57 Å². The number of nitrogens with one attached hydrogen (secondary N) is 4. The number of aromatic amines is 1. The van der Waals surface area contributed by atoms with Crippen LogP contribution in [0.15, 0.2) is 29.1 Å². The summed E-state index contributed by atoms with van der Waals surface area (Å²) in [4.78, 5) is 35.2. The van der Waals surface area contributed by atoms with Crippen molar-refractivity contribution in [3.8, 4) is 0 Å². The summed E-state index contributed by atoms with van der Waals surface area (Å²) < 4.78 is 0. The molecule has 2 aromatic heterocycles. The molecule has 1 aliphatic heterocycles. The molecular formula is C24H32N6O2. The van der Waals surface area contributed by atoms with Crippen LogP contribution in [0.2, 0.25) is 0 Å². The molecule has 0 radical (unpaired) electrons. The van der Waals surface area contributed by atoms with Gasteiger partial charge in [-0.3, -0.25) is 9.59 Å². The highest BCUT2D eigenvalue weighted by molar-refractivity contribution is 6.05. The standard InChI is InChI=1S/C24H32N6O2/c1-14(2)27-22-19(12-25)18(11-21(29-22)30-8-6-15(3)7-9-30)23(31)26-13-20-16(4)10-17(5)28-24(20)32/h10-12,14,25H,3,6-9,13H2,1-2,4-5H3,(H,26,31)(H,27,29)(H,28,32). The van der Waals surface area contributed by atoms with Crippen LogP contribution in [0.3, 0.4) is 0 Å². The lowest BCUT2D eigenvalue weighted by atomic mass is 10.0. The van der Waals surface area contributed by atoms with E-state index in [1.54, 1.807) is 6.07 Å². The fourth-order valence-electron chi connectivity index (χ4n) is 3.84. The maximum atomic E-state index is 13.2. The molecule has 1 amide bonds. The molecule has 1 fully saturated rings. The van der Waals surface area contributed by atoms with Gasteiger partial charge in [-0.2, -0.15) is 0 Å². The molecule has 0 unspecified atom stereocenters. The molecule has 32 heavy (non-hydrogen) atoms. The van der Waals surface area contributed by atoms with Crippen LogP contribution in [0.1, 0.15) is 59.4 Å². The Balaban J connectivity index is 1.94. The normalized spacial score (nSPS) is 13.9. The number of carbonyl (C=O) groups is 1. The number of anilines is 2. The topological polar surface area (TPSA) is 114 Å². The van der Waals surface area contributed by atoms with Crippen molar-refractivity contribution in [2.24, 2.45) is 0 Å². The van der Waals surface area contributed by atoms with Crippen LogP contribution in [0.5, 0.6) is 0 Å². The van der Waals surface area contributed by atoms with Gasteiger partial charge < -0.3 is 25.9 Å². The molecule has 2 aromatic rings. The van der Waals surface area contributed by atoms with Crippen molar-refractivity contribution >= 4 is 23.8 Å². The van der Waals surface area contributed by atoms with Crippen molar-refractivity contribution in [1.82, 2.24) is 15.3 Å². The average Bonchev–Trinajstić information content (AvgIpc) is 2.72. The van der Waals surface area contributed by atoms with E-state index in [-0.39, 0.29) is 24.1 Å². The van der Waals surface area contributed by atoms with Gasteiger partial charge in [0, 0.05) is 48.7 Å². The van der Waals surface area contributed by atoms with Crippen LogP contribution in [0, 0.1) is 19.3 Å². The molecule has 0 aromatic carbocycles. The highest BCUT2D eigenvalue weighted by Crippen LogP contribution is 2.27. The van der Waals surface area contributed by atoms with E-state index in [4.69, 9.17) is 10.4 Å². The summed E-state index contributed by atoms with van der Waals surface area (Å²) in [5, 5.41) is 14.1. The number of H-pyrrole nitrogens is 1. The maximum Gasteiger partial charge on any atom is 0.253 e. The van der Waals surface area contributed by atoms with Gasteiger partial charge in [0.1, 0.15) is 11.6 Å². The third kappa shape index (κ3) is 5.25. The molecular weight excluding hydrogens is 404 g/mol. The average molecular weight is 437 g/mol. The highest BCUT2D eigenvalue weighted by atomic mass is 16.1. The Hall–Kier alpha value is -3.42. The second-order valence-corrected chi connectivity index (χ2v) is 8.60. The fraction of sp³-hybridized carbons (Fsp3) is 0.417. The van der Waals surface area contributed by atoms with E-state index < -0.39 is 0 Å². The summed E-state index contributed by atoms with van der Waals surface area (Å²) in [6, 6.07) is 3.70. The van der Waals surface area contributed by atoms with E-state index in [0.29, 0.717) is 28.3 Å². The monoisotopic (exact) mass is 436 g/mol. The minimum absolute atomic E-state index is 0.0854. The number of amides is 1. The van der Waals surface area contributed by atoms with Gasteiger partial charge in [-0.25, -0.2) is 4.98 Å². The zero-order valence-corrected chi connectivity index (χ0v) is 19.3. The Bertz CT molecular complexity index is 1090. The van der Waals surface area contributed by atoms with Crippen molar-refractivity contribution in [3.63, 3.8) is 0 Å². The predicted octanol–water partition coefficient (Wildman–Crippen LogP) is 3.29. The molecule has 4 N–H and O–H groups in total. The van der Waals surface area contributed by atoms with Crippen LogP contribution < -0.4 is 21.1 Å². The molecule has 0 aliphatic carbocycles. The molecule has 8 heteroatoms. The van der Waals surface area contributed by atoms with Crippen molar-refractivity contribution in [2.45, 2.75) is 53.1 Å². The third-order valence-electron chi connectivity index (χ3n) is 5.57. The van der Waals surface area contributed by atoms with Gasteiger partial charge in [0.25, 0.3) is 11.5 Å². The zero-order chi connectivity index (χ0) is 23.4. The van der Waals surface area contributed by atoms with E-state index in [1.807, 2.05) is 33.8 Å². The lowest BCUT2D eigenvalue weighted by Gasteiger charge is -2.30. The van der Waals surface area contributed by atoms with Gasteiger partial charge in [-0.1, -0.05) is 12.2 Å². The number of aromatic nitrogens is 2. The van der Waals surface area contributed by atoms with Gasteiger partial charge in [-0.05, 0) is 58.2 Å². The number of aryl methyl sites for hydroxylation is 2. The molecule has 170 valence electrons. The quantitative estimate of drug-likeness (QED) is 0.393. The third-order valence-corrected chi connectivity index (χ3v) is 5.57. The second kappa shape index (κ2) is 9.80. The van der Waals surface area contributed by atoms with Crippen molar-refractivity contribution in [1.29, 1.82) is 5.41 Å². The summed E-state index contributed by atoms with van der Waals surface area (Å²) in [6.07, 6.45) is 2.92. The van der Waals surface area contributed by atoms with E-state index in [0.717, 1.165) is 43.4 Å². The summed E-state index contributed by atoms with van der Waals surface area (Å²) in [5.74, 6) is 0.854. The Morgan fingerprint density at radius 2 is 2.00 bits per heavy atom. The number of piperidine rings is 1. The van der Waals surface area contributed by atoms with Gasteiger partial charge in [-0.15, -0.1) is 0 Å². The van der Waals surface area contributed by atoms with Crippen molar-refractivity contribution in [3.05, 3.63) is 62.6 Å². The fourth-order valence-corrected chi connectivity index (χ4v) is 3.84. The highest BCUT2D eigenvalue weighted by Gasteiger charge is 2.22. The number of rotatable bonds is 7.